The van der Waals surface area contributed by atoms with E-state index in [0.717, 1.165) is 37.4 Å². The van der Waals surface area contributed by atoms with Crippen LogP contribution in [0.25, 0.3) is 5.78 Å². The molecule has 4 rings (SSSR count). The third-order valence-corrected chi connectivity index (χ3v) is 4.43. The van der Waals surface area contributed by atoms with Gasteiger partial charge in [0.05, 0.1) is 0 Å². The number of carbonyl (C=O) groups excluding carboxylic acids is 1. The highest BCUT2D eigenvalue weighted by Crippen LogP contribution is 2.24. The number of nitrogens with zero attached hydrogens (tertiary/aromatic N) is 6. The lowest BCUT2D eigenvalue weighted by Crippen LogP contribution is -2.39. The molecule has 1 saturated heterocycles. The van der Waals surface area contributed by atoms with E-state index >= 15 is 0 Å². The summed E-state index contributed by atoms with van der Waals surface area (Å²) in [7, 11) is 0. The van der Waals surface area contributed by atoms with Crippen molar-refractivity contribution < 1.29 is 9.32 Å². The minimum atomic E-state index is -0.0394. The first-order valence-electron chi connectivity index (χ1n) is 8.26. The van der Waals surface area contributed by atoms with Crippen LogP contribution in [0.2, 0.25) is 0 Å². The molecule has 0 aliphatic carbocycles. The SMILES string of the molecule is Cc1cc(N2CCC(C(=O)Nc3cc(C)on3)CC2)n2ncnc2n1. The zero-order valence-electron chi connectivity index (χ0n) is 14.1. The van der Waals surface area contributed by atoms with E-state index < -0.39 is 0 Å². The number of aromatic nitrogens is 5. The molecule has 9 heteroatoms. The summed E-state index contributed by atoms with van der Waals surface area (Å²) < 4.78 is 6.72. The van der Waals surface area contributed by atoms with Crippen molar-refractivity contribution in [2.24, 2.45) is 5.92 Å². The molecule has 130 valence electrons. The van der Waals surface area contributed by atoms with E-state index in [1.54, 1.807) is 17.5 Å². The highest BCUT2D eigenvalue weighted by molar-refractivity contribution is 5.91. The zero-order valence-corrected chi connectivity index (χ0v) is 14.1. The molecule has 0 atom stereocenters. The van der Waals surface area contributed by atoms with Gasteiger partial charge >= 0.3 is 0 Å². The van der Waals surface area contributed by atoms with Gasteiger partial charge in [0.15, 0.2) is 5.82 Å². The van der Waals surface area contributed by atoms with Crippen LogP contribution >= 0.6 is 0 Å². The number of fused-ring (bicyclic) bond motifs is 1. The van der Waals surface area contributed by atoms with Crippen molar-refractivity contribution in [3.8, 4) is 0 Å². The van der Waals surface area contributed by atoms with Crippen LogP contribution in [0.4, 0.5) is 11.6 Å². The molecule has 0 bridgehead atoms. The number of hydrogen-bond acceptors (Lipinski definition) is 7. The van der Waals surface area contributed by atoms with Gasteiger partial charge in [0.25, 0.3) is 5.78 Å². The number of anilines is 2. The van der Waals surface area contributed by atoms with Crippen molar-refractivity contribution in [2.75, 3.05) is 23.3 Å². The Hall–Kier alpha value is -2.97. The van der Waals surface area contributed by atoms with Gasteiger partial charge in [-0.15, -0.1) is 0 Å². The highest BCUT2D eigenvalue weighted by Gasteiger charge is 2.27. The summed E-state index contributed by atoms with van der Waals surface area (Å²) in [6.07, 6.45) is 3.03. The summed E-state index contributed by atoms with van der Waals surface area (Å²) in [5.74, 6) is 2.66. The van der Waals surface area contributed by atoms with Crippen LogP contribution in [0.15, 0.2) is 23.0 Å². The van der Waals surface area contributed by atoms with Crippen LogP contribution in [0.1, 0.15) is 24.3 Å². The van der Waals surface area contributed by atoms with Gasteiger partial charge in [-0.3, -0.25) is 4.79 Å². The summed E-state index contributed by atoms with van der Waals surface area (Å²) >= 11 is 0. The molecule has 1 aliphatic heterocycles. The highest BCUT2D eigenvalue weighted by atomic mass is 16.5. The molecule has 0 spiro atoms. The Kier molecular flexibility index (Phi) is 3.83. The standard InChI is InChI=1S/C16H19N7O2/c1-10-7-14(23-16(19-10)17-9-18-23)22-5-3-12(4-6-22)15(24)20-13-8-11(2)25-21-13/h7-9,12H,3-6H2,1-2H3,(H,20,21,24). The fourth-order valence-electron chi connectivity index (χ4n) is 3.16. The first-order valence-corrected chi connectivity index (χ1v) is 8.26. The Labute approximate surface area is 144 Å². The van der Waals surface area contributed by atoms with Crippen LogP contribution in [0.5, 0.6) is 0 Å². The number of nitrogens with one attached hydrogen (secondary N) is 1. The molecule has 4 heterocycles. The van der Waals surface area contributed by atoms with Gasteiger partial charge in [0.1, 0.15) is 17.9 Å². The summed E-state index contributed by atoms with van der Waals surface area (Å²) in [5.41, 5.74) is 0.900. The lowest BCUT2D eigenvalue weighted by atomic mass is 9.96. The number of amides is 1. The van der Waals surface area contributed by atoms with E-state index in [9.17, 15) is 4.79 Å². The first kappa shape index (κ1) is 15.6. The molecular weight excluding hydrogens is 322 g/mol. The molecular formula is C16H19N7O2. The van der Waals surface area contributed by atoms with E-state index in [1.807, 2.05) is 13.0 Å². The predicted molar refractivity (Wildman–Crippen MR) is 90.3 cm³/mol. The maximum absolute atomic E-state index is 12.4. The van der Waals surface area contributed by atoms with Crippen molar-refractivity contribution in [3.63, 3.8) is 0 Å². The van der Waals surface area contributed by atoms with Crippen molar-refractivity contribution in [1.29, 1.82) is 0 Å². The second-order valence-electron chi connectivity index (χ2n) is 6.30. The summed E-state index contributed by atoms with van der Waals surface area (Å²) in [6, 6.07) is 3.72. The maximum atomic E-state index is 12.4. The van der Waals surface area contributed by atoms with Crippen LogP contribution in [0.3, 0.4) is 0 Å². The smallest absolute Gasteiger partial charge is 0.254 e. The third kappa shape index (κ3) is 3.04. The van der Waals surface area contributed by atoms with Gasteiger partial charge < -0.3 is 14.7 Å². The zero-order chi connectivity index (χ0) is 17.4. The Balaban J connectivity index is 1.44. The lowest BCUT2D eigenvalue weighted by molar-refractivity contribution is -0.120. The summed E-state index contributed by atoms with van der Waals surface area (Å²) in [4.78, 5) is 23.1. The van der Waals surface area contributed by atoms with E-state index in [1.165, 1.54) is 6.33 Å². The van der Waals surface area contributed by atoms with Gasteiger partial charge in [-0.25, -0.2) is 4.98 Å². The van der Waals surface area contributed by atoms with Gasteiger partial charge in [-0.2, -0.15) is 14.6 Å². The molecule has 0 saturated carbocycles. The molecule has 3 aromatic rings. The molecule has 0 unspecified atom stereocenters. The number of aryl methyl sites for hydroxylation is 2. The predicted octanol–water partition coefficient (Wildman–Crippen LogP) is 1.58. The largest absolute Gasteiger partial charge is 0.360 e. The number of piperidine rings is 1. The normalized spacial score (nSPS) is 15.7. The monoisotopic (exact) mass is 341 g/mol. The fraction of sp³-hybridized carbons (Fsp3) is 0.438. The Morgan fingerprint density at radius 1 is 1.28 bits per heavy atom. The van der Waals surface area contributed by atoms with Crippen LogP contribution in [0, 0.1) is 19.8 Å². The molecule has 3 aromatic heterocycles. The lowest BCUT2D eigenvalue weighted by Gasteiger charge is -2.32. The van der Waals surface area contributed by atoms with E-state index in [4.69, 9.17) is 4.52 Å². The van der Waals surface area contributed by atoms with E-state index in [-0.39, 0.29) is 11.8 Å². The molecule has 1 N–H and O–H groups in total. The van der Waals surface area contributed by atoms with Crippen molar-refractivity contribution in [3.05, 3.63) is 29.9 Å². The van der Waals surface area contributed by atoms with E-state index in [2.05, 4.69) is 30.4 Å². The minimum Gasteiger partial charge on any atom is -0.360 e. The number of rotatable bonds is 3. The van der Waals surface area contributed by atoms with Gasteiger partial charge in [0.2, 0.25) is 5.91 Å². The van der Waals surface area contributed by atoms with Gasteiger partial charge in [-0.1, -0.05) is 5.16 Å². The third-order valence-electron chi connectivity index (χ3n) is 4.43. The Morgan fingerprint density at radius 3 is 2.80 bits per heavy atom. The molecule has 0 aromatic carbocycles. The Morgan fingerprint density at radius 2 is 2.08 bits per heavy atom. The second-order valence-corrected chi connectivity index (χ2v) is 6.30. The quantitative estimate of drug-likeness (QED) is 0.772. The molecule has 25 heavy (non-hydrogen) atoms. The average molecular weight is 341 g/mol. The Bertz CT molecular complexity index is 908. The van der Waals surface area contributed by atoms with Gasteiger partial charge in [-0.05, 0) is 26.7 Å². The maximum Gasteiger partial charge on any atom is 0.254 e. The van der Waals surface area contributed by atoms with Crippen molar-refractivity contribution in [1.82, 2.24) is 24.7 Å². The van der Waals surface area contributed by atoms with Crippen molar-refractivity contribution in [2.45, 2.75) is 26.7 Å². The molecule has 9 nitrogen and oxygen atoms in total. The summed E-state index contributed by atoms with van der Waals surface area (Å²) in [5, 5.41) is 10.9. The molecule has 1 fully saturated rings. The van der Waals surface area contributed by atoms with Crippen LogP contribution in [-0.2, 0) is 4.79 Å². The summed E-state index contributed by atoms with van der Waals surface area (Å²) in [6.45, 7) is 5.28. The fourth-order valence-corrected chi connectivity index (χ4v) is 3.16. The molecule has 0 radical (unpaired) electrons. The second kappa shape index (κ2) is 6.15. The average Bonchev–Trinajstić information content (AvgIpc) is 3.23. The molecule has 1 amide bonds. The van der Waals surface area contributed by atoms with Gasteiger partial charge in [0, 0.05) is 36.8 Å². The minimum absolute atomic E-state index is 0.00948. The molecule has 1 aliphatic rings. The number of carbonyl (C=O) groups is 1. The number of hydrogen-bond donors (Lipinski definition) is 1. The van der Waals surface area contributed by atoms with Crippen molar-refractivity contribution >= 4 is 23.3 Å². The van der Waals surface area contributed by atoms with Crippen LogP contribution in [-0.4, -0.2) is 43.7 Å². The topological polar surface area (TPSA) is 101 Å². The van der Waals surface area contributed by atoms with Crippen LogP contribution < -0.4 is 10.2 Å². The van der Waals surface area contributed by atoms with E-state index in [0.29, 0.717) is 17.4 Å². The first-order chi connectivity index (χ1) is 12.1.